The van der Waals surface area contributed by atoms with E-state index in [1.807, 2.05) is 6.92 Å². The van der Waals surface area contributed by atoms with Gasteiger partial charge in [0.1, 0.15) is 5.82 Å². The zero-order valence-corrected chi connectivity index (χ0v) is 12.2. The number of halogens is 1. The van der Waals surface area contributed by atoms with Gasteiger partial charge >= 0.3 is 0 Å². The van der Waals surface area contributed by atoms with E-state index in [0.717, 1.165) is 30.5 Å². The lowest BCUT2D eigenvalue weighted by Gasteiger charge is -2.40. The van der Waals surface area contributed by atoms with Gasteiger partial charge in [0.15, 0.2) is 0 Å². The van der Waals surface area contributed by atoms with Crippen molar-refractivity contribution in [2.24, 2.45) is 5.92 Å². The molecule has 1 aliphatic rings. The number of hydrogen-bond donors (Lipinski definition) is 2. The quantitative estimate of drug-likeness (QED) is 0.889. The van der Waals surface area contributed by atoms with Crippen LogP contribution in [0.4, 0.5) is 4.39 Å². The molecule has 2 rings (SSSR count). The molecular formula is C16H24FNO2. The highest BCUT2D eigenvalue weighted by molar-refractivity contribution is 5.28. The molecular weight excluding hydrogens is 257 g/mol. The van der Waals surface area contributed by atoms with E-state index in [0.29, 0.717) is 12.5 Å². The van der Waals surface area contributed by atoms with Gasteiger partial charge in [0, 0.05) is 12.6 Å². The molecule has 0 spiro atoms. The van der Waals surface area contributed by atoms with Gasteiger partial charge in [-0.1, -0.05) is 13.0 Å². The highest BCUT2D eigenvalue weighted by Crippen LogP contribution is 2.26. The summed E-state index contributed by atoms with van der Waals surface area (Å²) in [5, 5.41) is 19.9. The Bertz CT molecular complexity index is 452. The van der Waals surface area contributed by atoms with E-state index in [-0.39, 0.29) is 18.5 Å². The zero-order valence-electron chi connectivity index (χ0n) is 12.2. The van der Waals surface area contributed by atoms with Crippen molar-refractivity contribution < 1.29 is 14.6 Å². The second-order valence-electron chi connectivity index (χ2n) is 5.88. The topological polar surface area (TPSA) is 43.7 Å². The van der Waals surface area contributed by atoms with Crippen molar-refractivity contribution in [3.8, 4) is 0 Å². The predicted molar refractivity (Wildman–Crippen MR) is 76.9 cm³/mol. The fourth-order valence-electron chi connectivity index (χ4n) is 3.19. The standard InChI is InChI=1S/C16H24FNO2/c1-11-4-3-7-18(15(11)10-19)9-16(20)14-6-5-13(17)8-12(14)2/h5-6,8,11,15-16,19-20H,3-4,7,9-10H2,1-2H3. The van der Waals surface area contributed by atoms with Gasteiger partial charge in [-0.2, -0.15) is 0 Å². The summed E-state index contributed by atoms with van der Waals surface area (Å²) >= 11 is 0. The summed E-state index contributed by atoms with van der Waals surface area (Å²) in [6.45, 7) is 5.46. The molecule has 1 fully saturated rings. The van der Waals surface area contributed by atoms with E-state index in [1.165, 1.54) is 12.1 Å². The number of aliphatic hydroxyl groups is 2. The number of piperidine rings is 1. The molecule has 3 unspecified atom stereocenters. The number of aryl methyl sites for hydroxylation is 1. The third-order valence-corrected chi connectivity index (χ3v) is 4.42. The first-order chi connectivity index (χ1) is 9.52. The van der Waals surface area contributed by atoms with E-state index < -0.39 is 6.10 Å². The molecule has 1 aromatic rings. The summed E-state index contributed by atoms with van der Waals surface area (Å²) in [5.74, 6) is 0.161. The number of hydrogen-bond acceptors (Lipinski definition) is 3. The molecule has 0 saturated carbocycles. The molecule has 0 amide bonds. The lowest BCUT2D eigenvalue weighted by atomic mass is 9.90. The lowest BCUT2D eigenvalue weighted by molar-refractivity contribution is 0.0164. The Morgan fingerprint density at radius 1 is 1.45 bits per heavy atom. The first kappa shape index (κ1) is 15.4. The van der Waals surface area contributed by atoms with Crippen LogP contribution in [0.15, 0.2) is 18.2 Å². The number of likely N-dealkylation sites (tertiary alicyclic amines) is 1. The fraction of sp³-hybridized carbons (Fsp3) is 0.625. The van der Waals surface area contributed by atoms with Crippen molar-refractivity contribution in [3.63, 3.8) is 0 Å². The first-order valence-electron chi connectivity index (χ1n) is 7.32. The number of rotatable bonds is 4. The molecule has 112 valence electrons. The van der Waals surface area contributed by atoms with E-state index in [9.17, 15) is 14.6 Å². The van der Waals surface area contributed by atoms with E-state index in [2.05, 4.69) is 11.8 Å². The van der Waals surface area contributed by atoms with Gasteiger partial charge in [0.05, 0.1) is 12.7 Å². The van der Waals surface area contributed by atoms with Gasteiger partial charge < -0.3 is 10.2 Å². The van der Waals surface area contributed by atoms with E-state index >= 15 is 0 Å². The van der Waals surface area contributed by atoms with Crippen molar-refractivity contribution in [2.75, 3.05) is 19.7 Å². The van der Waals surface area contributed by atoms with Gasteiger partial charge in [-0.05, 0) is 55.5 Å². The molecule has 1 heterocycles. The minimum Gasteiger partial charge on any atom is -0.395 e. The largest absolute Gasteiger partial charge is 0.395 e. The smallest absolute Gasteiger partial charge is 0.123 e. The molecule has 1 aromatic carbocycles. The average molecular weight is 281 g/mol. The van der Waals surface area contributed by atoms with Crippen LogP contribution in [0.1, 0.15) is 37.0 Å². The van der Waals surface area contributed by atoms with Crippen molar-refractivity contribution in [1.29, 1.82) is 0 Å². The molecule has 0 aromatic heterocycles. The Labute approximate surface area is 120 Å². The Morgan fingerprint density at radius 2 is 2.20 bits per heavy atom. The minimum atomic E-state index is -0.644. The van der Waals surface area contributed by atoms with Crippen LogP contribution in [0.3, 0.4) is 0 Å². The van der Waals surface area contributed by atoms with Gasteiger partial charge in [-0.25, -0.2) is 4.39 Å². The average Bonchev–Trinajstić information content (AvgIpc) is 2.38. The van der Waals surface area contributed by atoms with Crippen LogP contribution in [0, 0.1) is 18.7 Å². The van der Waals surface area contributed by atoms with Gasteiger partial charge in [-0.15, -0.1) is 0 Å². The maximum atomic E-state index is 13.1. The number of β-amino-alcohol motifs (C(OH)–C–C–N with tert-alkyl or cyclic N) is 1. The SMILES string of the molecule is Cc1cc(F)ccc1C(O)CN1CCCC(C)C1CO. The third-order valence-electron chi connectivity index (χ3n) is 4.42. The highest BCUT2D eigenvalue weighted by Gasteiger charge is 2.29. The normalized spacial score (nSPS) is 25.6. The molecule has 0 radical (unpaired) electrons. The monoisotopic (exact) mass is 281 g/mol. The second-order valence-corrected chi connectivity index (χ2v) is 5.88. The second kappa shape index (κ2) is 6.66. The van der Waals surface area contributed by atoms with Gasteiger partial charge in [0.2, 0.25) is 0 Å². The molecule has 20 heavy (non-hydrogen) atoms. The van der Waals surface area contributed by atoms with Crippen molar-refractivity contribution in [1.82, 2.24) is 4.90 Å². The molecule has 0 bridgehead atoms. The number of aliphatic hydroxyl groups excluding tert-OH is 2. The van der Waals surface area contributed by atoms with Crippen LogP contribution >= 0.6 is 0 Å². The Kier molecular flexibility index (Phi) is 5.13. The summed E-state index contributed by atoms with van der Waals surface area (Å²) in [4.78, 5) is 2.15. The number of nitrogens with zero attached hydrogens (tertiary/aromatic N) is 1. The van der Waals surface area contributed by atoms with E-state index in [4.69, 9.17) is 0 Å². The van der Waals surface area contributed by atoms with Crippen LogP contribution in [0.25, 0.3) is 0 Å². The maximum Gasteiger partial charge on any atom is 0.123 e. The summed E-state index contributed by atoms with van der Waals surface area (Å²) in [5.41, 5.74) is 1.53. The molecule has 3 nitrogen and oxygen atoms in total. The van der Waals surface area contributed by atoms with Gasteiger partial charge in [-0.3, -0.25) is 4.90 Å². The van der Waals surface area contributed by atoms with Crippen molar-refractivity contribution in [3.05, 3.63) is 35.1 Å². The van der Waals surface area contributed by atoms with E-state index in [1.54, 1.807) is 6.07 Å². The minimum absolute atomic E-state index is 0.110. The highest BCUT2D eigenvalue weighted by atomic mass is 19.1. The lowest BCUT2D eigenvalue weighted by Crippen LogP contribution is -2.48. The van der Waals surface area contributed by atoms with Crippen LogP contribution in [-0.4, -0.2) is 40.9 Å². The molecule has 1 saturated heterocycles. The van der Waals surface area contributed by atoms with Crippen LogP contribution in [-0.2, 0) is 0 Å². The predicted octanol–water partition coefficient (Wildman–Crippen LogP) is 2.26. The summed E-state index contributed by atoms with van der Waals surface area (Å²) in [6.07, 6.45) is 1.56. The third kappa shape index (κ3) is 3.37. The summed E-state index contributed by atoms with van der Waals surface area (Å²) < 4.78 is 13.1. The Hall–Kier alpha value is -0.970. The molecule has 4 heteroatoms. The Balaban J connectivity index is 2.08. The van der Waals surface area contributed by atoms with Crippen molar-refractivity contribution in [2.45, 2.75) is 38.8 Å². The van der Waals surface area contributed by atoms with Gasteiger partial charge in [0.25, 0.3) is 0 Å². The molecule has 1 aliphatic heterocycles. The number of benzene rings is 1. The fourth-order valence-corrected chi connectivity index (χ4v) is 3.19. The zero-order chi connectivity index (χ0) is 14.7. The first-order valence-corrected chi connectivity index (χ1v) is 7.32. The summed E-state index contributed by atoms with van der Waals surface area (Å²) in [6, 6.07) is 4.59. The summed E-state index contributed by atoms with van der Waals surface area (Å²) in [7, 11) is 0. The van der Waals surface area contributed by atoms with Crippen LogP contribution in [0.5, 0.6) is 0 Å². The Morgan fingerprint density at radius 3 is 2.85 bits per heavy atom. The van der Waals surface area contributed by atoms with Crippen LogP contribution in [0.2, 0.25) is 0 Å². The molecule has 0 aliphatic carbocycles. The van der Waals surface area contributed by atoms with Crippen LogP contribution < -0.4 is 0 Å². The van der Waals surface area contributed by atoms with Crippen molar-refractivity contribution >= 4 is 0 Å². The maximum absolute atomic E-state index is 13.1. The molecule has 3 atom stereocenters. The molecule has 2 N–H and O–H groups in total.